The lowest BCUT2D eigenvalue weighted by Gasteiger charge is -2.18. The van der Waals surface area contributed by atoms with Gasteiger partial charge in [0.2, 0.25) is 0 Å². The molecule has 0 amide bonds. The van der Waals surface area contributed by atoms with Gasteiger partial charge in [-0.25, -0.2) is 4.79 Å². The van der Waals surface area contributed by atoms with Gasteiger partial charge in [-0.05, 0) is 46.6 Å². The van der Waals surface area contributed by atoms with Crippen LogP contribution < -0.4 is 4.90 Å². The molecule has 1 aromatic rings. The number of anilines is 1. The largest absolute Gasteiger partial charge is 0.478 e. The number of carboxylic acid groups (broad SMARTS) is 1. The third kappa shape index (κ3) is 3.38. The summed E-state index contributed by atoms with van der Waals surface area (Å²) in [6, 6.07) is 5.77. The summed E-state index contributed by atoms with van der Waals surface area (Å²) in [7, 11) is 2.01. The van der Waals surface area contributed by atoms with Crippen molar-refractivity contribution in [2.45, 2.75) is 6.92 Å². The van der Waals surface area contributed by atoms with Crippen molar-refractivity contribution in [2.24, 2.45) is 0 Å². The van der Waals surface area contributed by atoms with Gasteiger partial charge in [-0.1, -0.05) is 6.07 Å². The number of nitrogens with zero attached hydrogens (tertiary/aromatic N) is 1. The lowest BCUT2D eigenvalue weighted by atomic mass is 10.2. The molecule has 1 rings (SSSR count). The van der Waals surface area contributed by atoms with E-state index >= 15 is 0 Å². The normalized spacial score (nSPS) is 10.7. The molecule has 0 atom stereocenters. The summed E-state index contributed by atoms with van der Waals surface area (Å²) in [5.74, 6) is -0.939. The molecule has 86 valence electrons. The van der Waals surface area contributed by atoms with Crippen LogP contribution in [-0.4, -0.2) is 24.7 Å². The van der Waals surface area contributed by atoms with E-state index in [1.54, 1.807) is 6.08 Å². The van der Waals surface area contributed by atoms with Gasteiger partial charge in [0, 0.05) is 24.1 Å². The fourth-order valence-corrected chi connectivity index (χ4v) is 1.97. The molecule has 0 unspecified atom stereocenters. The summed E-state index contributed by atoms with van der Waals surface area (Å²) in [6.45, 7) is 2.99. The molecule has 0 aliphatic carbocycles. The predicted molar refractivity (Wildman–Crippen MR) is 69.8 cm³/mol. The fraction of sp³-hybridized carbons (Fsp3) is 0.250. The second-order valence-corrected chi connectivity index (χ2v) is 4.25. The molecule has 0 aliphatic rings. The van der Waals surface area contributed by atoms with Crippen LogP contribution in [0.5, 0.6) is 0 Å². The molecule has 1 aromatic carbocycles. The van der Waals surface area contributed by atoms with Gasteiger partial charge in [-0.3, -0.25) is 0 Å². The summed E-state index contributed by atoms with van der Waals surface area (Å²) >= 11 is 3.47. The highest BCUT2D eigenvalue weighted by atomic mass is 79.9. The molecule has 0 saturated heterocycles. The Morgan fingerprint density at radius 3 is 2.75 bits per heavy atom. The van der Waals surface area contributed by atoms with Crippen molar-refractivity contribution < 1.29 is 9.90 Å². The van der Waals surface area contributed by atoms with E-state index in [9.17, 15) is 4.79 Å². The summed E-state index contributed by atoms with van der Waals surface area (Å²) in [4.78, 5) is 12.5. The summed E-state index contributed by atoms with van der Waals surface area (Å²) in [5.41, 5.74) is 1.96. The first-order chi connectivity index (χ1) is 7.54. The monoisotopic (exact) mass is 283 g/mol. The van der Waals surface area contributed by atoms with Crippen LogP contribution >= 0.6 is 15.9 Å². The van der Waals surface area contributed by atoms with E-state index in [-0.39, 0.29) is 0 Å². The number of hydrogen-bond donors (Lipinski definition) is 1. The maximum absolute atomic E-state index is 10.4. The first kappa shape index (κ1) is 12.8. The zero-order chi connectivity index (χ0) is 12.1. The van der Waals surface area contributed by atoms with Crippen LogP contribution in [0.2, 0.25) is 0 Å². The Bertz CT molecular complexity index is 415. The molecule has 1 N–H and O–H groups in total. The van der Waals surface area contributed by atoms with Crippen LogP contribution in [0.4, 0.5) is 5.69 Å². The Kier molecular flexibility index (Phi) is 4.55. The lowest BCUT2D eigenvalue weighted by Crippen LogP contribution is -2.16. The molecule has 0 fully saturated rings. The van der Waals surface area contributed by atoms with Crippen molar-refractivity contribution in [1.29, 1.82) is 0 Å². The lowest BCUT2D eigenvalue weighted by molar-refractivity contribution is -0.131. The van der Waals surface area contributed by atoms with Crippen molar-refractivity contribution in [3.05, 3.63) is 34.3 Å². The molecule has 0 heterocycles. The molecule has 16 heavy (non-hydrogen) atoms. The Balaban J connectivity index is 2.95. The van der Waals surface area contributed by atoms with Gasteiger partial charge >= 0.3 is 5.97 Å². The van der Waals surface area contributed by atoms with Crippen LogP contribution in [0, 0.1) is 0 Å². The van der Waals surface area contributed by atoms with Gasteiger partial charge in [0.1, 0.15) is 0 Å². The number of rotatable bonds is 4. The zero-order valence-corrected chi connectivity index (χ0v) is 10.9. The first-order valence-corrected chi connectivity index (χ1v) is 5.75. The Labute approximate surface area is 104 Å². The molecule has 0 bridgehead atoms. The number of aliphatic carboxylic acids is 1. The Hall–Kier alpha value is -1.29. The molecule has 0 saturated carbocycles. The van der Waals surface area contributed by atoms with Crippen molar-refractivity contribution in [3.8, 4) is 0 Å². The molecular formula is C12H14BrNO2. The quantitative estimate of drug-likeness (QED) is 0.864. The molecular weight excluding hydrogens is 270 g/mol. The molecule has 0 radical (unpaired) electrons. The van der Waals surface area contributed by atoms with Crippen LogP contribution in [0.3, 0.4) is 0 Å². The second-order valence-electron chi connectivity index (χ2n) is 3.40. The highest BCUT2D eigenvalue weighted by Crippen LogP contribution is 2.26. The highest BCUT2D eigenvalue weighted by molar-refractivity contribution is 9.10. The second kappa shape index (κ2) is 5.70. The zero-order valence-electron chi connectivity index (χ0n) is 9.27. The van der Waals surface area contributed by atoms with Gasteiger partial charge in [-0.15, -0.1) is 0 Å². The molecule has 0 aromatic heterocycles. The minimum Gasteiger partial charge on any atom is -0.478 e. The van der Waals surface area contributed by atoms with Gasteiger partial charge in [0.25, 0.3) is 0 Å². The molecule has 0 aliphatic heterocycles. The van der Waals surface area contributed by atoms with E-state index in [4.69, 9.17) is 5.11 Å². The SMILES string of the molecule is CCN(C)c1ccc(/C=C/C(=O)O)cc1Br. The average Bonchev–Trinajstić information content (AvgIpc) is 2.25. The van der Waals surface area contributed by atoms with Gasteiger partial charge in [0.15, 0.2) is 0 Å². The van der Waals surface area contributed by atoms with E-state index in [2.05, 4.69) is 27.8 Å². The van der Waals surface area contributed by atoms with E-state index in [1.807, 2.05) is 25.2 Å². The Morgan fingerprint density at radius 2 is 2.25 bits per heavy atom. The van der Waals surface area contributed by atoms with Crippen LogP contribution in [0.25, 0.3) is 6.08 Å². The summed E-state index contributed by atoms with van der Waals surface area (Å²) in [5, 5.41) is 8.52. The topological polar surface area (TPSA) is 40.5 Å². The standard InChI is InChI=1S/C12H14BrNO2/c1-3-14(2)11-6-4-9(8-10(11)13)5-7-12(15)16/h4-8H,3H2,1-2H3,(H,15,16)/b7-5+. The minimum absolute atomic E-state index is 0.863. The van der Waals surface area contributed by atoms with Crippen molar-refractivity contribution in [2.75, 3.05) is 18.5 Å². The summed E-state index contributed by atoms with van der Waals surface area (Å²) < 4.78 is 0.962. The smallest absolute Gasteiger partial charge is 0.328 e. The molecule has 3 nitrogen and oxygen atoms in total. The number of carboxylic acids is 1. The third-order valence-corrected chi connectivity index (χ3v) is 2.91. The van der Waals surface area contributed by atoms with E-state index < -0.39 is 5.97 Å². The maximum atomic E-state index is 10.4. The number of hydrogen-bond acceptors (Lipinski definition) is 2. The van der Waals surface area contributed by atoms with Crippen molar-refractivity contribution in [3.63, 3.8) is 0 Å². The van der Waals surface area contributed by atoms with Crippen molar-refractivity contribution in [1.82, 2.24) is 0 Å². The molecule has 4 heteroatoms. The predicted octanol–water partition coefficient (Wildman–Crippen LogP) is 3.00. The van der Waals surface area contributed by atoms with Gasteiger partial charge < -0.3 is 10.0 Å². The van der Waals surface area contributed by atoms with Crippen LogP contribution in [0.1, 0.15) is 12.5 Å². The van der Waals surface area contributed by atoms with Crippen molar-refractivity contribution >= 4 is 33.7 Å². The van der Waals surface area contributed by atoms with Gasteiger partial charge in [-0.2, -0.15) is 0 Å². The average molecular weight is 284 g/mol. The minimum atomic E-state index is -0.939. The van der Waals surface area contributed by atoms with E-state index in [0.717, 1.165) is 28.3 Å². The van der Waals surface area contributed by atoms with E-state index in [1.165, 1.54) is 0 Å². The third-order valence-electron chi connectivity index (χ3n) is 2.28. The molecule has 0 spiro atoms. The first-order valence-electron chi connectivity index (χ1n) is 4.96. The van der Waals surface area contributed by atoms with Crippen LogP contribution in [-0.2, 0) is 4.79 Å². The maximum Gasteiger partial charge on any atom is 0.328 e. The van der Waals surface area contributed by atoms with E-state index in [0.29, 0.717) is 0 Å². The fourth-order valence-electron chi connectivity index (χ4n) is 1.27. The highest BCUT2D eigenvalue weighted by Gasteiger charge is 2.03. The summed E-state index contributed by atoms with van der Waals surface area (Å²) in [6.07, 6.45) is 2.70. The van der Waals surface area contributed by atoms with Crippen LogP contribution in [0.15, 0.2) is 28.7 Å². The Morgan fingerprint density at radius 1 is 1.56 bits per heavy atom. The number of halogens is 1. The van der Waals surface area contributed by atoms with Gasteiger partial charge in [0.05, 0.1) is 5.69 Å². The number of carbonyl (C=O) groups is 1. The number of benzene rings is 1.